The third kappa shape index (κ3) is 2.04. The van der Waals surface area contributed by atoms with Gasteiger partial charge in [0.05, 0.1) is 11.2 Å². The molecule has 0 unspecified atom stereocenters. The summed E-state index contributed by atoms with van der Waals surface area (Å²) in [5.41, 5.74) is 4.45. The lowest BCUT2D eigenvalue weighted by Gasteiger charge is -2.29. The summed E-state index contributed by atoms with van der Waals surface area (Å²) in [4.78, 5) is 7.09. The SMILES string of the molecule is Cc1n[nH]c2ccc(-c3ccc(N4C[C@@H]5CN[C@@H]5C4)nc3)cc12. The van der Waals surface area contributed by atoms with Gasteiger partial charge in [0.15, 0.2) is 0 Å². The number of pyridine rings is 1. The summed E-state index contributed by atoms with van der Waals surface area (Å²) in [6.45, 7) is 5.39. The average Bonchev–Trinajstić information content (AvgIpc) is 3.08. The van der Waals surface area contributed by atoms with Crippen LogP contribution in [-0.4, -0.2) is 40.9 Å². The number of hydrogen-bond acceptors (Lipinski definition) is 4. The number of hydrogen-bond donors (Lipinski definition) is 2. The number of aromatic nitrogens is 3. The minimum atomic E-state index is 0.669. The minimum absolute atomic E-state index is 0.669. The molecule has 0 bridgehead atoms. The van der Waals surface area contributed by atoms with E-state index in [1.807, 2.05) is 13.1 Å². The van der Waals surface area contributed by atoms with Crippen LogP contribution in [0.3, 0.4) is 0 Å². The molecule has 23 heavy (non-hydrogen) atoms. The van der Waals surface area contributed by atoms with Crippen LogP contribution in [0.2, 0.25) is 0 Å². The second kappa shape index (κ2) is 4.80. The smallest absolute Gasteiger partial charge is 0.128 e. The molecule has 0 radical (unpaired) electrons. The molecule has 2 atom stereocenters. The Hall–Kier alpha value is -2.40. The van der Waals surface area contributed by atoms with Crippen LogP contribution in [0.4, 0.5) is 5.82 Å². The number of rotatable bonds is 2. The van der Waals surface area contributed by atoms with Crippen LogP contribution in [0.15, 0.2) is 36.5 Å². The second-order valence-corrected chi connectivity index (χ2v) is 6.65. The van der Waals surface area contributed by atoms with E-state index in [9.17, 15) is 0 Å². The van der Waals surface area contributed by atoms with Crippen molar-refractivity contribution in [2.24, 2.45) is 5.92 Å². The summed E-state index contributed by atoms with van der Waals surface area (Å²) in [6.07, 6.45) is 1.99. The van der Waals surface area contributed by atoms with Crippen molar-refractivity contribution in [2.45, 2.75) is 13.0 Å². The number of aromatic amines is 1. The van der Waals surface area contributed by atoms with Gasteiger partial charge >= 0.3 is 0 Å². The van der Waals surface area contributed by atoms with Crippen LogP contribution in [0, 0.1) is 12.8 Å². The van der Waals surface area contributed by atoms with Crippen molar-refractivity contribution in [2.75, 3.05) is 24.5 Å². The number of aryl methyl sites for hydroxylation is 1. The monoisotopic (exact) mass is 305 g/mol. The van der Waals surface area contributed by atoms with Gasteiger partial charge in [0.1, 0.15) is 5.82 Å². The first-order valence-corrected chi connectivity index (χ1v) is 8.17. The summed E-state index contributed by atoms with van der Waals surface area (Å²) >= 11 is 0. The van der Waals surface area contributed by atoms with Crippen molar-refractivity contribution in [1.29, 1.82) is 0 Å². The van der Waals surface area contributed by atoms with E-state index in [0.717, 1.165) is 48.1 Å². The van der Waals surface area contributed by atoms with Crippen molar-refractivity contribution >= 4 is 16.7 Å². The van der Waals surface area contributed by atoms with Crippen LogP contribution in [0.5, 0.6) is 0 Å². The van der Waals surface area contributed by atoms with E-state index in [2.05, 4.69) is 50.7 Å². The first-order chi connectivity index (χ1) is 11.3. The molecule has 2 aliphatic rings. The van der Waals surface area contributed by atoms with Gasteiger partial charge in [-0.1, -0.05) is 6.07 Å². The molecule has 0 amide bonds. The summed E-state index contributed by atoms with van der Waals surface area (Å²) < 4.78 is 0. The van der Waals surface area contributed by atoms with Gasteiger partial charge < -0.3 is 10.2 Å². The summed E-state index contributed by atoms with van der Waals surface area (Å²) in [7, 11) is 0. The first-order valence-electron chi connectivity index (χ1n) is 8.17. The van der Waals surface area contributed by atoms with E-state index in [-0.39, 0.29) is 0 Å². The zero-order chi connectivity index (χ0) is 15.4. The molecule has 2 saturated heterocycles. The third-order valence-electron chi connectivity index (χ3n) is 5.24. The molecule has 2 fully saturated rings. The van der Waals surface area contributed by atoms with Crippen LogP contribution in [0.1, 0.15) is 5.69 Å². The quantitative estimate of drug-likeness (QED) is 0.763. The normalized spacial score (nSPS) is 23.1. The van der Waals surface area contributed by atoms with Crippen LogP contribution in [0.25, 0.3) is 22.0 Å². The fourth-order valence-corrected chi connectivity index (χ4v) is 3.71. The van der Waals surface area contributed by atoms with E-state index < -0.39 is 0 Å². The van der Waals surface area contributed by atoms with Crippen LogP contribution >= 0.6 is 0 Å². The highest BCUT2D eigenvalue weighted by atomic mass is 15.3. The maximum atomic E-state index is 4.70. The van der Waals surface area contributed by atoms with E-state index in [4.69, 9.17) is 4.98 Å². The Labute approximate surface area is 134 Å². The van der Waals surface area contributed by atoms with Crippen LogP contribution in [-0.2, 0) is 0 Å². The molecule has 0 saturated carbocycles. The van der Waals surface area contributed by atoms with Crippen molar-refractivity contribution in [3.8, 4) is 11.1 Å². The van der Waals surface area contributed by atoms with Gasteiger partial charge in [-0.15, -0.1) is 0 Å². The largest absolute Gasteiger partial charge is 0.355 e. The average molecular weight is 305 g/mol. The van der Waals surface area contributed by atoms with Crippen LogP contribution < -0.4 is 10.2 Å². The second-order valence-electron chi connectivity index (χ2n) is 6.65. The Balaban J connectivity index is 1.45. The van der Waals surface area contributed by atoms with Crippen molar-refractivity contribution < 1.29 is 0 Å². The predicted molar refractivity (Wildman–Crippen MR) is 91.6 cm³/mol. The zero-order valence-corrected chi connectivity index (χ0v) is 13.1. The number of nitrogens with one attached hydrogen (secondary N) is 2. The molecule has 0 aliphatic carbocycles. The summed E-state index contributed by atoms with van der Waals surface area (Å²) in [6, 6.07) is 11.4. The topological polar surface area (TPSA) is 56.8 Å². The Morgan fingerprint density at radius 3 is 2.74 bits per heavy atom. The molecule has 4 heterocycles. The molecule has 3 aromatic rings. The van der Waals surface area contributed by atoms with Crippen molar-refractivity contribution in [3.05, 3.63) is 42.2 Å². The molecule has 0 spiro atoms. The highest BCUT2D eigenvalue weighted by molar-refractivity contribution is 5.86. The van der Waals surface area contributed by atoms with Gasteiger partial charge in [0, 0.05) is 48.7 Å². The lowest BCUT2D eigenvalue weighted by molar-refractivity contribution is 0.297. The molecular weight excluding hydrogens is 286 g/mol. The fourth-order valence-electron chi connectivity index (χ4n) is 3.71. The number of nitrogens with zero attached hydrogens (tertiary/aromatic N) is 3. The number of fused-ring (bicyclic) bond motifs is 2. The van der Waals surface area contributed by atoms with Crippen molar-refractivity contribution in [3.63, 3.8) is 0 Å². The molecule has 5 heteroatoms. The Morgan fingerprint density at radius 2 is 2.04 bits per heavy atom. The van der Waals surface area contributed by atoms with Gasteiger partial charge in [-0.05, 0) is 36.8 Å². The maximum Gasteiger partial charge on any atom is 0.128 e. The van der Waals surface area contributed by atoms with Gasteiger partial charge in [-0.25, -0.2) is 4.98 Å². The van der Waals surface area contributed by atoms with E-state index in [0.29, 0.717) is 6.04 Å². The summed E-state index contributed by atoms with van der Waals surface area (Å²) in [5.74, 6) is 1.90. The highest BCUT2D eigenvalue weighted by Crippen LogP contribution is 2.29. The Kier molecular flexibility index (Phi) is 2.73. The number of benzene rings is 1. The van der Waals surface area contributed by atoms with E-state index in [1.165, 1.54) is 10.9 Å². The molecule has 1 aromatic carbocycles. The zero-order valence-electron chi connectivity index (χ0n) is 13.1. The van der Waals surface area contributed by atoms with Gasteiger partial charge in [0.25, 0.3) is 0 Å². The lowest BCUT2D eigenvalue weighted by atomic mass is 9.96. The Bertz CT molecular complexity index is 855. The van der Waals surface area contributed by atoms with Gasteiger partial charge in [0.2, 0.25) is 0 Å². The standard InChI is InChI=1S/C18H19N5/c1-11-15-6-12(2-4-16(15)22-21-11)13-3-5-18(20-7-13)23-9-14-8-19-17(14)10-23/h2-7,14,17,19H,8-10H2,1H3,(H,21,22)/t14-,17+/m0/s1. The molecule has 116 valence electrons. The predicted octanol–water partition coefficient (Wildman–Crippen LogP) is 2.34. The Morgan fingerprint density at radius 1 is 1.13 bits per heavy atom. The highest BCUT2D eigenvalue weighted by Gasteiger charge is 2.39. The van der Waals surface area contributed by atoms with Crippen molar-refractivity contribution in [1.82, 2.24) is 20.5 Å². The molecule has 5 rings (SSSR count). The maximum absolute atomic E-state index is 4.70. The molecule has 5 nitrogen and oxygen atoms in total. The summed E-state index contributed by atoms with van der Waals surface area (Å²) in [5, 5.41) is 12.0. The molecular formula is C18H19N5. The van der Waals surface area contributed by atoms with E-state index >= 15 is 0 Å². The lowest BCUT2D eigenvalue weighted by Crippen LogP contribution is -2.51. The molecule has 2 N–H and O–H groups in total. The first kappa shape index (κ1) is 13.1. The fraction of sp³-hybridized carbons (Fsp3) is 0.333. The van der Waals surface area contributed by atoms with Gasteiger partial charge in [-0.2, -0.15) is 5.10 Å². The third-order valence-corrected chi connectivity index (χ3v) is 5.24. The number of anilines is 1. The number of H-pyrrole nitrogens is 1. The molecule has 2 aliphatic heterocycles. The van der Waals surface area contributed by atoms with Gasteiger partial charge in [-0.3, -0.25) is 5.10 Å². The molecule has 2 aromatic heterocycles. The minimum Gasteiger partial charge on any atom is -0.355 e. The van der Waals surface area contributed by atoms with E-state index in [1.54, 1.807) is 0 Å².